The summed E-state index contributed by atoms with van der Waals surface area (Å²) in [6.07, 6.45) is 4.52. The van der Waals surface area contributed by atoms with Crippen molar-refractivity contribution in [3.8, 4) is 5.75 Å². The summed E-state index contributed by atoms with van der Waals surface area (Å²) in [4.78, 5) is 0. The lowest BCUT2D eigenvalue weighted by Crippen LogP contribution is -2.15. The standard InChI is InChI=1S/C15H24FNO/c1-3-9-17-10-5-4-6-11-18-14-8-7-13(2)15(16)12-14/h7-8,12,17H,3-6,9-11H2,1-2H3. The Morgan fingerprint density at radius 3 is 2.72 bits per heavy atom. The molecule has 0 aliphatic carbocycles. The van der Waals surface area contributed by atoms with E-state index >= 15 is 0 Å². The topological polar surface area (TPSA) is 21.3 Å². The normalized spacial score (nSPS) is 10.6. The molecule has 102 valence electrons. The Morgan fingerprint density at radius 2 is 2.00 bits per heavy atom. The van der Waals surface area contributed by atoms with Crippen LogP contribution in [0.2, 0.25) is 0 Å². The third-order valence-electron chi connectivity index (χ3n) is 2.84. The number of hydrogen-bond acceptors (Lipinski definition) is 2. The summed E-state index contributed by atoms with van der Waals surface area (Å²) in [6, 6.07) is 5.03. The van der Waals surface area contributed by atoms with Crippen molar-refractivity contribution in [1.29, 1.82) is 0 Å². The summed E-state index contributed by atoms with van der Waals surface area (Å²) in [5.74, 6) is 0.429. The quantitative estimate of drug-likeness (QED) is 0.678. The van der Waals surface area contributed by atoms with Crippen LogP contribution in [0.1, 0.15) is 38.2 Å². The minimum atomic E-state index is -0.198. The Balaban J connectivity index is 2.05. The third-order valence-corrected chi connectivity index (χ3v) is 2.84. The Bertz CT molecular complexity index is 341. The Hall–Kier alpha value is -1.09. The predicted molar refractivity (Wildman–Crippen MR) is 73.6 cm³/mol. The zero-order valence-electron chi connectivity index (χ0n) is 11.5. The molecule has 1 rings (SSSR count). The summed E-state index contributed by atoms with van der Waals surface area (Å²) in [5.41, 5.74) is 0.657. The largest absolute Gasteiger partial charge is 0.493 e. The molecule has 0 saturated carbocycles. The van der Waals surface area contributed by atoms with E-state index in [1.807, 2.05) is 6.07 Å². The molecule has 3 heteroatoms. The number of nitrogens with one attached hydrogen (secondary N) is 1. The van der Waals surface area contributed by atoms with Gasteiger partial charge in [-0.3, -0.25) is 0 Å². The van der Waals surface area contributed by atoms with Gasteiger partial charge in [0.1, 0.15) is 11.6 Å². The van der Waals surface area contributed by atoms with Crippen molar-refractivity contribution in [2.45, 2.75) is 39.5 Å². The van der Waals surface area contributed by atoms with Gasteiger partial charge in [0.15, 0.2) is 0 Å². The molecule has 0 fully saturated rings. The van der Waals surface area contributed by atoms with Gasteiger partial charge in [-0.05, 0) is 57.3 Å². The summed E-state index contributed by atoms with van der Waals surface area (Å²) in [7, 11) is 0. The molecule has 0 spiro atoms. The van der Waals surface area contributed by atoms with Gasteiger partial charge in [0, 0.05) is 6.07 Å². The molecule has 0 unspecified atom stereocenters. The van der Waals surface area contributed by atoms with Gasteiger partial charge in [-0.15, -0.1) is 0 Å². The lowest BCUT2D eigenvalue weighted by molar-refractivity contribution is 0.303. The molecule has 0 saturated heterocycles. The fraction of sp³-hybridized carbons (Fsp3) is 0.600. The SMILES string of the molecule is CCCNCCCCCOc1ccc(C)c(F)c1. The fourth-order valence-electron chi connectivity index (χ4n) is 1.68. The number of halogens is 1. The van der Waals surface area contributed by atoms with Crippen molar-refractivity contribution in [1.82, 2.24) is 5.32 Å². The monoisotopic (exact) mass is 253 g/mol. The molecule has 0 aliphatic heterocycles. The molecule has 18 heavy (non-hydrogen) atoms. The predicted octanol–water partition coefficient (Wildman–Crippen LogP) is 3.68. The van der Waals surface area contributed by atoms with Gasteiger partial charge in [0.2, 0.25) is 0 Å². The molecule has 1 N–H and O–H groups in total. The van der Waals surface area contributed by atoms with Crippen molar-refractivity contribution in [2.24, 2.45) is 0 Å². The molecule has 0 heterocycles. The molecule has 1 aromatic carbocycles. The summed E-state index contributed by atoms with van der Waals surface area (Å²) >= 11 is 0. The van der Waals surface area contributed by atoms with Crippen molar-refractivity contribution in [2.75, 3.05) is 19.7 Å². The molecular weight excluding hydrogens is 229 g/mol. The van der Waals surface area contributed by atoms with Crippen LogP contribution in [0.3, 0.4) is 0 Å². The minimum Gasteiger partial charge on any atom is -0.493 e. The maximum atomic E-state index is 13.2. The molecule has 0 amide bonds. The van der Waals surface area contributed by atoms with E-state index in [0.29, 0.717) is 17.9 Å². The second-order valence-corrected chi connectivity index (χ2v) is 4.57. The van der Waals surface area contributed by atoms with E-state index in [4.69, 9.17) is 4.74 Å². The lowest BCUT2D eigenvalue weighted by Gasteiger charge is -2.07. The van der Waals surface area contributed by atoms with Gasteiger partial charge in [-0.2, -0.15) is 0 Å². The van der Waals surface area contributed by atoms with E-state index in [1.165, 1.54) is 18.9 Å². The van der Waals surface area contributed by atoms with Gasteiger partial charge in [-0.25, -0.2) is 4.39 Å². The highest BCUT2D eigenvalue weighted by Crippen LogP contribution is 2.16. The van der Waals surface area contributed by atoms with Crippen LogP contribution < -0.4 is 10.1 Å². The van der Waals surface area contributed by atoms with Gasteiger partial charge >= 0.3 is 0 Å². The van der Waals surface area contributed by atoms with Gasteiger partial charge in [0.25, 0.3) is 0 Å². The van der Waals surface area contributed by atoms with Crippen LogP contribution >= 0.6 is 0 Å². The molecule has 0 bridgehead atoms. The van der Waals surface area contributed by atoms with Crippen LogP contribution in [0, 0.1) is 12.7 Å². The molecular formula is C15H24FNO. The second kappa shape index (κ2) is 8.92. The van der Waals surface area contributed by atoms with E-state index in [9.17, 15) is 4.39 Å². The first-order valence-electron chi connectivity index (χ1n) is 6.83. The number of ether oxygens (including phenoxy) is 1. The first-order valence-corrected chi connectivity index (χ1v) is 6.83. The zero-order valence-corrected chi connectivity index (χ0v) is 11.5. The summed E-state index contributed by atoms with van der Waals surface area (Å²) < 4.78 is 18.7. The van der Waals surface area contributed by atoms with Crippen LogP contribution in [0.15, 0.2) is 18.2 Å². The highest BCUT2D eigenvalue weighted by molar-refractivity contribution is 5.27. The van der Waals surface area contributed by atoms with Crippen LogP contribution in [0.4, 0.5) is 4.39 Å². The van der Waals surface area contributed by atoms with E-state index < -0.39 is 0 Å². The highest BCUT2D eigenvalue weighted by atomic mass is 19.1. The van der Waals surface area contributed by atoms with Crippen molar-refractivity contribution in [3.05, 3.63) is 29.6 Å². The zero-order chi connectivity index (χ0) is 13.2. The summed E-state index contributed by atoms with van der Waals surface area (Å²) in [6.45, 7) is 6.76. The van der Waals surface area contributed by atoms with Gasteiger partial charge in [-0.1, -0.05) is 13.0 Å². The molecule has 0 atom stereocenters. The fourth-order valence-corrected chi connectivity index (χ4v) is 1.68. The Kier molecular flexibility index (Phi) is 7.42. The van der Waals surface area contributed by atoms with Crippen molar-refractivity contribution >= 4 is 0 Å². The van der Waals surface area contributed by atoms with E-state index in [1.54, 1.807) is 13.0 Å². The maximum Gasteiger partial charge on any atom is 0.129 e. The lowest BCUT2D eigenvalue weighted by atomic mass is 10.2. The minimum absolute atomic E-state index is 0.198. The highest BCUT2D eigenvalue weighted by Gasteiger charge is 1.99. The van der Waals surface area contributed by atoms with E-state index in [-0.39, 0.29) is 5.82 Å². The maximum absolute atomic E-state index is 13.2. The van der Waals surface area contributed by atoms with Crippen LogP contribution in [-0.4, -0.2) is 19.7 Å². The molecule has 1 aromatic rings. The van der Waals surface area contributed by atoms with Crippen LogP contribution in [0.5, 0.6) is 5.75 Å². The number of benzene rings is 1. The Labute approximate surface area is 110 Å². The number of aryl methyl sites for hydroxylation is 1. The summed E-state index contributed by atoms with van der Waals surface area (Å²) in [5, 5.41) is 3.37. The van der Waals surface area contributed by atoms with Crippen LogP contribution in [0.25, 0.3) is 0 Å². The number of unbranched alkanes of at least 4 members (excludes halogenated alkanes) is 2. The van der Waals surface area contributed by atoms with E-state index in [0.717, 1.165) is 25.9 Å². The Morgan fingerprint density at radius 1 is 1.17 bits per heavy atom. The van der Waals surface area contributed by atoms with E-state index in [2.05, 4.69) is 12.2 Å². The third kappa shape index (κ3) is 6.01. The average molecular weight is 253 g/mol. The first kappa shape index (κ1) is 15.0. The van der Waals surface area contributed by atoms with Gasteiger partial charge < -0.3 is 10.1 Å². The molecule has 0 aliphatic rings. The number of rotatable bonds is 9. The second-order valence-electron chi connectivity index (χ2n) is 4.57. The molecule has 0 aromatic heterocycles. The molecule has 0 radical (unpaired) electrons. The van der Waals surface area contributed by atoms with Gasteiger partial charge in [0.05, 0.1) is 6.61 Å². The van der Waals surface area contributed by atoms with Crippen molar-refractivity contribution < 1.29 is 9.13 Å². The molecule has 2 nitrogen and oxygen atoms in total. The smallest absolute Gasteiger partial charge is 0.129 e. The number of hydrogen-bond donors (Lipinski definition) is 1. The average Bonchev–Trinajstić information content (AvgIpc) is 2.37. The van der Waals surface area contributed by atoms with Crippen molar-refractivity contribution in [3.63, 3.8) is 0 Å². The first-order chi connectivity index (χ1) is 8.74. The van der Waals surface area contributed by atoms with Crippen LogP contribution in [-0.2, 0) is 0 Å².